The third-order valence-electron chi connectivity index (χ3n) is 4.11. The average molecular weight is 374 g/mol. The van der Waals surface area contributed by atoms with Crippen LogP contribution in [0.3, 0.4) is 0 Å². The first-order chi connectivity index (χ1) is 12.9. The van der Waals surface area contributed by atoms with E-state index in [0.29, 0.717) is 0 Å². The van der Waals surface area contributed by atoms with Crippen LogP contribution in [0.1, 0.15) is 10.4 Å². The Labute approximate surface area is 158 Å². The normalized spacial score (nSPS) is 12.6. The van der Waals surface area contributed by atoms with Crippen LogP contribution in [0.5, 0.6) is 0 Å². The van der Waals surface area contributed by atoms with Crippen molar-refractivity contribution in [1.82, 2.24) is 20.0 Å². The Morgan fingerprint density at radius 1 is 0.808 bits per heavy atom. The van der Waals surface area contributed by atoms with Gasteiger partial charge in [-0.15, -0.1) is 16.4 Å². The molecule has 0 aliphatic heterocycles. The molecule has 26 heavy (non-hydrogen) atoms. The fraction of sp³-hybridized carbons (Fsp3) is 0.0500. The van der Waals surface area contributed by atoms with E-state index in [2.05, 4.69) is 58.8 Å². The summed E-state index contributed by atoms with van der Waals surface area (Å²) in [6, 6.07) is 26.7. The van der Waals surface area contributed by atoms with E-state index >= 15 is 0 Å². The number of para-hydroxylation sites is 2. The van der Waals surface area contributed by atoms with E-state index in [4.69, 9.17) is 4.98 Å². The van der Waals surface area contributed by atoms with Gasteiger partial charge in [-0.25, -0.2) is 9.67 Å². The molecule has 0 saturated heterocycles. The van der Waals surface area contributed by atoms with Gasteiger partial charge in [0.05, 0.1) is 15.7 Å². The Balaban J connectivity index is 1.67. The number of fused-ring (bicyclic) bond motifs is 2. The van der Waals surface area contributed by atoms with Crippen LogP contribution < -0.4 is 0 Å². The molecule has 0 aliphatic rings. The molecule has 3 aromatic carbocycles. The number of thiazole rings is 1. The molecule has 0 spiro atoms. The number of hydrogen-bond donors (Lipinski definition) is 0. The van der Waals surface area contributed by atoms with Crippen molar-refractivity contribution in [3.63, 3.8) is 0 Å². The lowest BCUT2D eigenvalue weighted by Gasteiger charge is -2.15. The van der Waals surface area contributed by atoms with Gasteiger partial charge in [-0.2, -0.15) is 0 Å². The second-order valence-corrected chi connectivity index (χ2v) is 8.04. The number of nitrogens with zero attached hydrogens (tertiary/aromatic N) is 4. The summed E-state index contributed by atoms with van der Waals surface area (Å²) in [6.45, 7) is 0. The van der Waals surface area contributed by atoms with Gasteiger partial charge in [0.15, 0.2) is 5.37 Å². The van der Waals surface area contributed by atoms with Crippen molar-refractivity contribution >= 4 is 44.3 Å². The Morgan fingerprint density at radius 3 is 2.38 bits per heavy atom. The van der Waals surface area contributed by atoms with E-state index in [9.17, 15) is 0 Å². The minimum absolute atomic E-state index is 0.0674. The largest absolute Gasteiger partial charge is 0.238 e. The number of benzene rings is 3. The summed E-state index contributed by atoms with van der Waals surface area (Å²) in [7, 11) is 0. The maximum Gasteiger partial charge on any atom is 0.156 e. The van der Waals surface area contributed by atoms with Crippen LogP contribution in [0.25, 0.3) is 21.3 Å². The van der Waals surface area contributed by atoms with Gasteiger partial charge >= 0.3 is 0 Å². The van der Waals surface area contributed by atoms with Gasteiger partial charge in [-0.05, 0) is 36.4 Å². The Hall–Kier alpha value is -2.70. The minimum atomic E-state index is -0.0674. The van der Waals surface area contributed by atoms with E-state index in [1.807, 2.05) is 35.0 Å². The van der Waals surface area contributed by atoms with Crippen LogP contribution >= 0.6 is 23.1 Å². The molecule has 4 nitrogen and oxygen atoms in total. The van der Waals surface area contributed by atoms with E-state index in [-0.39, 0.29) is 5.37 Å². The van der Waals surface area contributed by atoms with Gasteiger partial charge in [0.25, 0.3) is 0 Å². The zero-order valence-electron chi connectivity index (χ0n) is 13.7. The third kappa shape index (κ3) is 2.77. The number of aromatic nitrogens is 4. The van der Waals surface area contributed by atoms with Crippen LogP contribution in [0.2, 0.25) is 0 Å². The summed E-state index contributed by atoms with van der Waals surface area (Å²) in [5, 5.41) is 9.74. The summed E-state index contributed by atoms with van der Waals surface area (Å²) in [6.07, 6.45) is 0. The van der Waals surface area contributed by atoms with Gasteiger partial charge in [0, 0.05) is 4.90 Å². The maximum absolute atomic E-state index is 4.88. The summed E-state index contributed by atoms with van der Waals surface area (Å²) >= 11 is 3.45. The fourth-order valence-corrected chi connectivity index (χ4v) is 5.09. The van der Waals surface area contributed by atoms with Crippen molar-refractivity contribution in [1.29, 1.82) is 0 Å². The molecular formula is C20H14N4S2. The van der Waals surface area contributed by atoms with Crippen LogP contribution in [-0.2, 0) is 0 Å². The first-order valence-corrected chi connectivity index (χ1v) is 9.95. The average Bonchev–Trinajstić information content (AvgIpc) is 3.31. The predicted octanol–water partition coefficient (Wildman–Crippen LogP) is 5.38. The smallest absolute Gasteiger partial charge is 0.156 e. The molecule has 0 aliphatic carbocycles. The van der Waals surface area contributed by atoms with Gasteiger partial charge < -0.3 is 0 Å². The fourth-order valence-electron chi connectivity index (χ4n) is 2.89. The Bertz CT molecular complexity index is 1150. The molecule has 0 fully saturated rings. The molecule has 1 unspecified atom stereocenters. The molecule has 0 amide bonds. The molecule has 1 atom stereocenters. The molecule has 5 rings (SSSR count). The molecule has 0 saturated carbocycles. The second-order valence-electron chi connectivity index (χ2n) is 5.83. The highest BCUT2D eigenvalue weighted by Crippen LogP contribution is 2.40. The van der Waals surface area contributed by atoms with Crippen LogP contribution in [0.4, 0.5) is 0 Å². The van der Waals surface area contributed by atoms with Crippen molar-refractivity contribution < 1.29 is 0 Å². The zero-order valence-corrected chi connectivity index (χ0v) is 15.3. The van der Waals surface area contributed by atoms with Crippen LogP contribution in [0.15, 0.2) is 83.8 Å². The molecule has 5 aromatic rings. The van der Waals surface area contributed by atoms with Crippen LogP contribution in [0, 0.1) is 0 Å². The van der Waals surface area contributed by atoms with Gasteiger partial charge in [0.2, 0.25) is 0 Å². The lowest BCUT2D eigenvalue weighted by molar-refractivity contribution is 0.653. The van der Waals surface area contributed by atoms with E-state index in [1.165, 1.54) is 9.60 Å². The second kappa shape index (κ2) is 6.55. The Kier molecular flexibility index (Phi) is 3.92. The van der Waals surface area contributed by atoms with E-state index in [0.717, 1.165) is 21.6 Å². The van der Waals surface area contributed by atoms with Gasteiger partial charge in [-0.1, -0.05) is 59.4 Å². The molecule has 2 heterocycles. The lowest BCUT2D eigenvalue weighted by Crippen LogP contribution is -2.08. The summed E-state index contributed by atoms with van der Waals surface area (Å²) < 4.78 is 3.16. The molecule has 0 N–H and O–H groups in total. The Morgan fingerprint density at radius 2 is 1.54 bits per heavy atom. The van der Waals surface area contributed by atoms with Crippen molar-refractivity contribution in [3.8, 4) is 0 Å². The first-order valence-electron chi connectivity index (χ1n) is 8.25. The topological polar surface area (TPSA) is 43.6 Å². The van der Waals surface area contributed by atoms with Crippen molar-refractivity contribution in [3.05, 3.63) is 83.9 Å². The first kappa shape index (κ1) is 15.5. The standard InChI is InChI=1S/C20H14N4S2/c1-2-8-14(9-3-1)25-20(19-21-16-11-5-7-13-18(16)26-19)24-17-12-6-4-10-15(17)22-23-24/h1-13,20H. The highest BCUT2D eigenvalue weighted by atomic mass is 32.2. The SMILES string of the molecule is c1ccc(SC(c2nc3ccccc3s2)n2nnc3ccccc32)cc1. The van der Waals surface area contributed by atoms with E-state index in [1.54, 1.807) is 23.1 Å². The summed E-state index contributed by atoms with van der Waals surface area (Å²) in [5.41, 5.74) is 2.93. The van der Waals surface area contributed by atoms with Gasteiger partial charge in [0.1, 0.15) is 10.5 Å². The highest BCUT2D eigenvalue weighted by Gasteiger charge is 2.23. The summed E-state index contributed by atoms with van der Waals surface area (Å²) in [5.74, 6) is 0. The molecule has 126 valence electrons. The number of rotatable bonds is 4. The number of hydrogen-bond acceptors (Lipinski definition) is 5. The lowest BCUT2D eigenvalue weighted by atomic mass is 10.3. The molecular weight excluding hydrogens is 360 g/mol. The van der Waals surface area contributed by atoms with Crippen molar-refractivity contribution in [2.45, 2.75) is 10.3 Å². The molecule has 0 radical (unpaired) electrons. The highest BCUT2D eigenvalue weighted by molar-refractivity contribution is 7.99. The quantitative estimate of drug-likeness (QED) is 0.396. The predicted molar refractivity (Wildman–Crippen MR) is 108 cm³/mol. The van der Waals surface area contributed by atoms with Gasteiger partial charge in [-0.3, -0.25) is 0 Å². The monoisotopic (exact) mass is 374 g/mol. The molecule has 2 aromatic heterocycles. The van der Waals surface area contributed by atoms with Crippen molar-refractivity contribution in [2.75, 3.05) is 0 Å². The van der Waals surface area contributed by atoms with Crippen molar-refractivity contribution in [2.24, 2.45) is 0 Å². The molecule has 6 heteroatoms. The summed E-state index contributed by atoms with van der Waals surface area (Å²) in [4.78, 5) is 6.06. The zero-order chi connectivity index (χ0) is 17.3. The minimum Gasteiger partial charge on any atom is -0.238 e. The van der Waals surface area contributed by atoms with E-state index < -0.39 is 0 Å². The third-order valence-corrected chi connectivity index (χ3v) is 6.54. The maximum atomic E-state index is 4.88. The van der Waals surface area contributed by atoms with Crippen LogP contribution in [-0.4, -0.2) is 20.0 Å². The number of thioether (sulfide) groups is 1. The molecule has 0 bridgehead atoms.